The molecule has 0 radical (unpaired) electrons. The van der Waals surface area contributed by atoms with Crippen molar-refractivity contribution in [1.82, 2.24) is 9.55 Å². The second-order valence-corrected chi connectivity index (χ2v) is 5.83. The van der Waals surface area contributed by atoms with Gasteiger partial charge in [-0.15, -0.1) is 11.6 Å². The van der Waals surface area contributed by atoms with Gasteiger partial charge in [-0.3, -0.25) is 4.57 Å². The van der Waals surface area contributed by atoms with Gasteiger partial charge in [-0.2, -0.15) is 0 Å². The first-order valence-corrected chi connectivity index (χ1v) is 7.44. The van der Waals surface area contributed by atoms with E-state index in [0.717, 1.165) is 16.7 Å². The number of hydrogen-bond donors (Lipinski definition) is 0. The van der Waals surface area contributed by atoms with Crippen LogP contribution in [0.5, 0.6) is 0 Å². The summed E-state index contributed by atoms with van der Waals surface area (Å²) in [5.74, 6) is 0.985. The fraction of sp³-hybridized carbons (Fsp3) is 0.0714. The number of aromatic nitrogens is 2. The minimum Gasteiger partial charge on any atom is -0.295 e. The molecule has 0 unspecified atom stereocenters. The molecule has 0 saturated heterocycles. The molecule has 3 aromatic rings. The zero-order valence-electron chi connectivity index (χ0n) is 10.1. The van der Waals surface area contributed by atoms with E-state index in [2.05, 4.69) is 4.98 Å². The third-order valence-corrected chi connectivity index (χ3v) is 3.82. The lowest BCUT2D eigenvalue weighted by Gasteiger charge is -2.09. The normalized spacial score (nSPS) is 11.2. The lowest BCUT2D eigenvalue weighted by molar-refractivity contribution is 0.982. The van der Waals surface area contributed by atoms with Crippen molar-refractivity contribution in [3.63, 3.8) is 0 Å². The zero-order chi connectivity index (χ0) is 14.3. The molecule has 0 bridgehead atoms. The van der Waals surface area contributed by atoms with Gasteiger partial charge < -0.3 is 0 Å². The molecule has 0 atom stereocenters. The van der Waals surface area contributed by atoms with Crippen molar-refractivity contribution in [2.24, 2.45) is 0 Å². The van der Waals surface area contributed by atoms with Crippen LogP contribution in [0.3, 0.4) is 0 Å². The van der Waals surface area contributed by atoms with E-state index in [-0.39, 0.29) is 5.88 Å². The van der Waals surface area contributed by atoms with Gasteiger partial charge in [0.15, 0.2) is 0 Å². The summed E-state index contributed by atoms with van der Waals surface area (Å²) >= 11 is 24.1. The summed E-state index contributed by atoms with van der Waals surface area (Å²) in [5.41, 5.74) is 2.51. The van der Waals surface area contributed by atoms with Crippen LogP contribution in [0.25, 0.3) is 16.7 Å². The molecular formula is C14H8Cl4N2. The zero-order valence-corrected chi connectivity index (χ0v) is 13.1. The first-order chi connectivity index (χ1) is 9.58. The van der Waals surface area contributed by atoms with E-state index in [0.29, 0.717) is 20.9 Å². The van der Waals surface area contributed by atoms with Gasteiger partial charge in [0.2, 0.25) is 0 Å². The quantitative estimate of drug-likeness (QED) is 0.543. The molecule has 0 aliphatic heterocycles. The smallest absolute Gasteiger partial charge is 0.129 e. The molecule has 0 aliphatic rings. The number of imidazole rings is 1. The molecule has 1 heterocycles. The first-order valence-electron chi connectivity index (χ1n) is 5.78. The number of benzene rings is 2. The fourth-order valence-corrected chi connectivity index (χ4v) is 3.01. The Morgan fingerprint density at radius 3 is 2.25 bits per heavy atom. The van der Waals surface area contributed by atoms with Gasteiger partial charge in [-0.25, -0.2) is 4.98 Å². The van der Waals surface area contributed by atoms with E-state index in [4.69, 9.17) is 46.4 Å². The van der Waals surface area contributed by atoms with Crippen LogP contribution < -0.4 is 0 Å². The molecular weight excluding hydrogens is 338 g/mol. The third kappa shape index (κ3) is 2.49. The van der Waals surface area contributed by atoms with Crippen molar-refractivity contribution in [2.45, 2.75) is 5.88 Å². The predicted octanol–water partition coefficient (Wildman–Crippen LogP) is 5.72. The van der Waals surface area contributed by atoms with Crippen molar-refractivity contribution >= 4 is 57.4 Å². The van der Waals surface area contributed by atoms with Crippen LogP contribution in [-0.2, 0) is 5.88 Å². The Morgan fingerprint density at radius 1 is 0.900 bits per heavy atom. The average molecular weight is 346 g/mol. The van der Waals surface area contributed by atoms with Crippen molar-refractivity contribution in [3.05, 3.63) is 57.3 Å². The number of halogens is 4. The Hall–Kier alpha value is -0.930. The molecule has 0 spiro atoms. The van der Waals surface area contributed by atoms with Gasteiger partial charge in [0.05, 0.1) is 22.6 Å². The lowest BCUT2D eigenvalue weighted by atomic mass is 10.2. The number of rotatable bonds is 2. The minimum atomic E-state index is 0.274. The van der Waals surface area contributed by atoms with Gasteiger partial charge in [-0.05, 0) is 36.4 Å². The molecule has 20 heavy (non-hydrogen) atoms. The van der Waals surface area contributed by atoms with Crippen LogP contribution in [0.1, 0.15) is 5.82 Å². The lowest BCUT2D eigenvalue weighted by Crippen LogP contribution is -1.99. The molecule has 3 rings (SSSR count). The Labute approximate surface area is 135 Å². The van der Waals surface area contributed by atoms with Gasteiger partial charge in [0.25, 0.3) is 0 Å². The van der Waals surface area contributed by atoms with Gasteiger partial charge in [0, 0.05) is 15.1 Å². The van der Waals surface area contributed by atoms with Crippen molar-refractivity contribution in [3.8, 4) is 5.69 Å². The fourth-order valence-electron chi connectivity index (χ4n) is 2.15. The Bertz CT molecular complexity index is 775. The van der Waals surface area contributed by atoms with E-state index in [1.807, 2.05) is 28.8 Å². The molecule has 0 aliphatic carbocycles. The highest BCUT2D eigenvalue weighted by atomic mass is 35.5. The summed E-state index contributed by atoms with van der Waals surface area (Å²) in [6.45, 7) is 0. The summed E-state index contributed by atoms with van der Waals surface area (Å²) < 4.78 is 1.93. The van der Waals surface area contributed by atoms with Crippen LogP contribution in [0.4, 0.5) is 0 Å². The first kappa shape index (κ1) is 14.0. The molecule has 0 N–H and O–H groups in total. The van der Waals surface area contributed by atoms with E-state index in [1.54, 1.807) is 12.1 Å². The number of nitrogens with zero attached hydrogens (tertiary/aromatic N) is 2. The molecule has 2 nitrogen and oxygen atoms in total. The van der Waals surface area contributed by atoms with Crippen LogP contribution in [0, 0.1) is 0 Å². The van der Waals surface area contributed by atoms with Crippen LogP contribution in [0.2, 0.25) is 15.1 Å². The standard InChI is InChI=1S/C14H8Cl4N2/c15-7-14-19-12-6-8(16)1-2-13(12)20(14)11-4-9(17)3-10(18)5-11/h1-6H,7H2. The summed E-state index contributed by atoms with van der Waals surface area (Å²) in [5, 5.41) is 1.75. The van der Waals surface area contributed by atoms with E-state index in [1.165, 1.54) is 0 Å². The highest BCUT2D eigenvalue weighted by Crippen LogP contribution is 2.28. The topological polar surface area (TPSA) is 17.8 Å². The maximum Gasteiger partial charge on any atom is 0.129 e. The predicted molar refractivity (Wildman–Crippen MR) is 85.7 cm³/mol. The molecule has 1 aromatic heterocycles. The van der Waals surface area contributed by atoms with Gasteiger partial charge in [0.1, 0.15) is 5.82 Å². The Balaban J connectivity index is 2.33. The SMILES string of the molecule is ClCc1nc2cc(Cl)ccc2n1-c1cc(Cl)cc(Cl)c1. The summed E-state index contributed by atoms with van der Waals surface area (Å²) in [4.78, 5) is 4.49. The van der Waals surface area contributed by atoms with Crippen molar-refractivity contribution < 1.29 is 0 Å². The van der Waals surface area contributed by atoms with Gasteiger partial charge >= 0.3 is 0 Å². The second-order valence-electron chi connectivity index (χ2n) is 4.26. The summed E-state index contributed by atoms with van der Waals surface area (Å²) in [7, 11) is 0. The maximum absolute atomic E-state index is 6.07. The molecule has 102 valence electrons. The van der Waals surface area contributed by atoms with Crippen molar-refractivity contribution in [1.29, 1.82) is 0 Å². The van der Waals surface area contributed by atoms with Gasteiger partial charge in [-0.1, -0.05) is 34.8 Å². The van der Waals surface area contributed by atoms with Crippen LogP contribution in [0.15, 0.2) is 36.4 Å². The molecule has 0 amide bonds. The maximum atomic E-state index is 6.07. The Morgan fingerprint density at radius 2 is 1.60 bits per heavy atom. The van der Waals surface area contributed by atoms with E-state index < -0.39 is 0 Å². The summed E-state index contributed by atoms with van der Waals surface area (Å²) in [6.07, 6.45) is 0. The minimum absolute atomic E-state index is 0.274. The highest BCUT2D eigenvalue weighted by Gasteiger charge is 2.13. The van der Waals surface area contributed by atoms with Crippen LogP contribution in [-0.4, -0.2) is 9.55 Å². The number of fused-ring (bicyclic) bond motifs is 1. The number of alkyl halides is 1. The van der Waals surface area contributed by atoms with Crippen molar-refractivity contribution in [2.75, 3.05) is 0 Å². The largest absolute Gasteiger partial charge is 0.295 e. The summed E-state index contributed by atoms with van der Waals surface area (Å²) in [6, 6.07) is 10.8. The van der Waals surface area contributed by atoms with Crippen LogP contribution >= 0.6 is 46.4 Å². The highest BCUT2D eigenvalue weighted by molar-refractivity contribution is 6.35. The molecule has 0 saturated carbocycles. The van der Waals surface area contributed by atoms with E-state index >= 15 is 0 Å². The molecule has 0 fully saturated rings. The van der Waals surface area contributed by atoms with E-state index in [9.17, 15) is 0 Å². The second kappa shape index (κ2) is 5.45. The monoisotopic (exact) mass is 344 g/mol. The average Bonchev–Trinajstić information content (AvgIpc) is 2.74. The molecule has 2 aromatic carbocycles. The third-order valence-electron chi connectivity index (χ3n) is 2.91. The number of hydrogen-bond acceptors (Lipinski definition) is 1. The molecule has 6 heteroatoms. The Kier molecular flexibility index (Phi) is 3.83.